The molecule has 0 aromatic heterocycles. The molecule has 0 aliphatic rings. The van der Waals surface area contributed by atoms with Crippen molar-refractivity contribution in [3.05, 3.63) is 24.3 Å². The molecule has 0 saturated carbocycles. The maximum atomic E-state index is 13.1. The Morgan fingerprint density at radius 2 is 0.581 bits per heavy atom. The fourth-order valence-corrected chi connectivity index (χ4v) is 12.3. The fourth-order valence-electron chi connectivity index (χ4n) is 10.8. The predicted octanol–water partition coefficient (Wildman–Crippen LogP) is 21.1. The average Bonchev–Trinajstić information content (AvgIpc) is 2.32. The summed E-state index contributed by atoms with van der Waals surface area (Å²) in [5.41, 5.74) is 0. The molecule has 17 nitrogen and oxygen atoms in total. The van der Waals surface area contributed by atoms with Crippen molar-refractivity contribution >= 4 is 39.5 Å². The third kappa shape index (κ3) is 67.9. The van der Waals surface area contributed by atoms with E-state index in [1.807, 2.05) is 0 Å². The highest BCUT2D eigenvalue weighted by Gasteiger charge is 2.30. The third-order valence-electron chi connectivity index (χ3n) is 16.6. The number of hydrogen-bond donors (Lipinski definition) is 3. The first-order valence-electron chi connectivity index (χ1n) is 37.8. The van der Waals surface area contributed by atoms with E-state index in [4.69, 9.17) is 37.0 Å². The molecule has 0 spiro atoms. The van der Waals surface area contributed by atoms with Crippen LogP contribution in [0.25, 0.3) is 0 Å². The lowest BCUT2D eigenvalue weighted by Crippen LogP contribution is -2.30. The van der Waals surface area contributed by atoms with Gasteiger partial charge < -0.3 is 33.8 Å². The maximum Gasteiger partial charge on any atom is 0.472 e. The number of phosphoric acid groups is 2. The number of aliphatic hydroxyl groups excluding tert-OH is 1. The molecule has 5 atom stereocenters. The number of carbonyl (C=O) groups excluding carboxylic acids is 4. The van der Waals surface area contributed by atoms with Crippen molar-refractivity contribution in [1.29, 1.82) is 0 Å². The summed E-state index contributed by atoms with van der Waals surface area (Å²) >= 11 is 0. The van der Waals surface area contributed by atoms with Crippen molar-refractivity contribution in [2.75, 3.05) is 39.6 Å². The molecule has 0 saturated heterocycles. The number of unbranched alkanes of at least 4 members (excludes halogenated alkanes) is 38. The van der Waals surface area contributed by atoms with Gasteiger partial charge in [-0.3, -0.25) is 37.3 Å². The van der Waals surface area contributed by atoms with E-state index < -0.39 is 97.5 Å². The van der Waals surface area contributed by atoms with E-state index >= 15 is 0 Å². The number of ether oxygens (including phenoxy) is 4. The molecule has 0 aromatic carbocycles. The van der Waals surface area contributed by atoms with Gasteiger partial charge in [0.05, 0.1) is 26.4 Å². The summed E-state index contributed by atoms with van der Waals surface area (Å²) in [4.78, 5) is 72.4. The molecule has 0 fully saturated rings. The summed E-state index contributed by atoms with van der Waals surface area (Å²) in [6, 6.07) is 0. The van der Waals surface area contributed by atoms with Gasteiger partial charge in [-0.05, 0) is 63.2 Å². The summed E-state index contributed by atoms with van der Waals surface area (Å²) in [5, 5.41) is 10.6. The molecule has 0 heterocycles. The first-order chi connectivity index (χ1) is 44.9. The Balaban J connectivity index is 5.16. The third-order valence-corrected chi connectivity index (χ3v) is 18.5. The van der Waals surface area contributed by atoms with Gasteiger partial charge in [0, 0.05) is 25.7 Å². The predicted molar refractivity (Wildman–Crippen MR) is 377 cm³/mol. The second-order valence-corrected chi connectivity index (χ2v) is 29.9. The van der Waals surface area contributed by atoms with Crippen LogP contribution in [0.3, 0.4) is 0 Å². The summed E-state index contributed by atoms with van der Waals surface area (Å²) in [5.74, 6) is -0.608. The Bertz CT molecular complexity index is 1900. The Kier molecular flexibility index (Phi) is 63.7. The lowest BCUT2D eigenvalue weighted by atomic mass is 10.0. The minimum absolute atomic E-state index is 0.101. The van der Waals surface area contributed by atoms with Gasteiger partial charge in [0.15, 0.2) is 12.2 Å². The van der Waals surface area contributed by atoms with Crippen molar-refractivity contribution in [3.8, 4) is 0 Å². The first-order valence-corrected chi connectivity index (χ1v) is 40.8. The van der Waals surface area contributed by atoms with Crippen molar-refractivity contribution in [2.24, 2.45) is 11.8 Å². The van der Waals surface area contributed by atoms with Gasteiger partial charge in [-0.15, -0.1) is 0 Å². The zero-order valence-corrected chi connectivity index (χ0v) is 61.8. The quantitative estimate of drug-likeness (QED) is 0.0169. The van der Waals surface area contributed by atoms with E-state index in [0.29, 0.717) is 25.7 Å². The van der Waals surface area contributed by atoms with Gasteiger partial charge in [-0.2, -0.15) is 0 Å². The standard InChI is InChI=1S/C74H140O17P2/c1-7-9-11-13-14-15-16-17-22-26-29-34-39-45-51-57-72(77)85-63-70(91-73(78)58-52-46-40-35-30-27-24-21-19-18-20-23-25-28-32-37-43-48-54-66(3)4)65-89-93(82,83)87-61-68(75)60-86-92(80,81)88-64-69(62-84-71(76)56-50-42-12-10-8-2)90-74(79)59-53-47-41-36-31-33-38-44-49-55-67(5)6/h15-17,22,66-70,75H,7-14,18-21,23-65H2,1-6H3,(H,80,81)(H,82,83)/b16-15-,22-17-/t68-,69+,70+/m0/s1. The summed E-state index contributed by atoms with van der Waals surface area (Å²) in [7, 11) is -9.91. The SMILES string of the molecule is CCCCCC/C=C\C=C/CCCCCCCC(=O)OC[C@H](COP(=O)(O)OC[C@@H](O)COP(=O)(O)OC[C@@H](COC(=O)CCCCCCC)OC(=O)CCCCCCCCCCCC(C)C)OC(=O)CCCCCCCCCCCCCCCCCCCCC(C)C. The number of phosphoric ester groups is 2. The van der Waals surface area contributed by atoms with E-state index in [1.54, 1.807) is 0 Å². The minimum atomic E-state index is -4.96. The van der Waals surface area contributed by atoms with E-state index in [0.717, 1.165) is 127 Å². The first kappa shape index (κ1) is 90.5. The second kappa shape index (κ2) is 65.5. The largest absolute Gasteiger partial charge is 0.472 e. The van der Waals surface area contributed by atoms with Gasteiger partial charge in [-0.1, -0.05) is 303 Å². The molecule has 93 heavy (non-hydrogen) atoms. The van der Waals surface area contributed by atoms with Crippen LogP contribution in [0.1, 0.15) is 356 Å². The molecular weight excluding hydrogens is 1220 g/mol. The summed E-state index contributed by atoms with van der Waals surface area (Å²) in [6.07, 6.45) is 55.5. The van der Waals surface area contributed by atoms with E-state index in [2.05, 4.69) is 65.8 Å². The fraction of sp³-hybridized carbons (Fsp3) is 0.892. The molecule has 2 unspecified atom stereocenters. The van der Waals surface area contributed by atoms with Gasteiger partial charge in [0.1, 0.15) is 19.3 Å². The minimum Gasteiger partial charge on any atom is -0.462 e. The van der Waals surface area contributed by atoms with Crippen LogP contribution in [0.15, 0.2) is 24.3 Å². The molecule has 0 amide bonds. The van der Waals surface area contributed by atoms with Gasteiger partial charge >= 0.3 is 39.5 Å². The highest BCUT2D eigenvalue weighted by Crippen LogP contribution is 2.45. The number of allylic oxidation sites excluding steroid dienone is 4. The highest BCUT2D eigenvalue weighted by atomic mass is 31.2. The Hall–Kier alpha value is -2.46. The number of esters is 4. The van der Waals surface area contributed by atoms with Crippen LogP contribution < -0.4 is 0 Å². The van der Waals surface area contributed by atoms with E-state index in [-0.39, 0.29) is 25.7 Å². The van der Waals surface area contributed by atoms with Gasteiger partial charge in [-0.25, -0.2) is 9.13 Å². The molecule has 3 N–H and O–H groups in total. The van der Waals surface area contributed by atoms with Crippen LogP contribution in [0.5, 0.6) is 0 Å². The number of aliphatic hydroxyl groups is 1. The molecule has 548 valence electrons. The molecule has 19 heteroatoms. The van der Waals surface area contributed by atoms with Crippen LogP contribution in [-0.2, 0) is 65.4 Å². The normalized spacial score (nSPS) is 14.2. The Morgan fingerprint density at radius 3 is 0.882 bits per heavy atom. The second-order valence-electron chi connectivity index (χ2n) is 27.0. The highest BCUT2D eigenvalue weighted by molar-refractivity contribution is 7.47. The molecule has 0 aliphatic carbocycles. The summed E-state index contributed by atoms with van der Waals surface area (Å²) < 4.78 is 68.1. The monoisotopic (exact) mass is 1360 g/mol. The molecular formula is C74H140O17P2. The molecule has 0 rings (SSSR count). The Morgan fingerprint density at radius 1 is 0.333 bits per heavy atom. The molecule has 0 aromatic rings. The van der Waals surface area contributed by atoms with Crippen LogP contribution >= 0.6 is 15.6 Å². The topological polar surface area (TPSA) is 237 Å². The lowest BCUT2D eigenvalue weighted by Gasteiger charge is -2.21. The maximum absolute atomic E-state index is 13.1. The number of hydrogen-bond acceptors (Lipinski definition) is 15. The van der Waals surface area contributed by atoms with E-state index in [1.165, 1.54) is 148 Å². The number of carbonyl (C=O) groups is 4. The van der Waals surface area contributed by atoms with Crippen molar-refractivity contribution in [2.45, 2.75) is 374 Å². The zero-order valence-electron chi connectivity index (χ0n) is 60.0. The molecule has 0 radical (unpaired) electrons. The smallest absolute Gasteiger partial charge is 0.462 e. The van der Waals surface area contributed by atoms with Crippen LogP contribution in [0, 0.1) is 11.8 Å². The van der Waals surface area contributed by atoms with Crippen LogP contribution in [-0.4, -0.2) is 96.7 Å². The van der Waals surface area contributed by atoms with Gasteiger partial charge in [0.25, 0.3) is 0 Å². The van der Waals surface area contributed by atoms with E-state index in [9.17, 15) is 43.2 Å². The van der Waals surface area contributed by atoms with Crippen molar-refractivity contribution in [3.63, 3.8) is 0 Å². The number of rotatable bonds is 71. The lowest BCUT2D eigenvalue weighted by molar-refractivity contribution is -0.161. The average molecular weight is 1360 g/mol. The van der Waals surface area contributed by atoms with Crippen molar-refractivity contribution < 1.29 is 80.2 Å². The van der Waals surface area contributed by atoms with Gasteiger partial charge in [0.2, 0.25) is 0 Å². The zero-order chi connectivity index (χ0) is 68.6. The summed E-state index contributed by atoms with van der Waals surface area (Å²) in [6.45, 7) is 9.43. The van der Waals surface area contributed by atoms with Crippen molar-refractivity contribution in [1.82, 2.24) is 0 Å². The Labute approximate surface area is 567 Å². The van der Waals surface area contributed by atoms with Crippen LogP contribution in [0.2, 0.25) is 0 Å². The molecule has 0 bridgehead atoms. The van der Waals surface area contributed by atoms with Crippen LogP contribution in [0.4, 0.5) is 0 Å². The molecule has 0 aliphatic heterocycles.